The Bertz CT molecular complexity index is 836. The minimum Gasteiger partial charge on any atom is -0.344 e. The van der Waals surface area contributed by atoms with Crippen molar-refractivity contribution < 1.29 is 0 Å². The van der Waals surface area contributed by atoms with E-state index >= 15 is 0 Å². The van der Waals surface area contributed by atoms with E-state index in [1.54, 1.807) is 0 Å². The van der Waals surface area contributed by atoms with Crippen LogP contribution < -0.4 is 0 Å². The molecular weight excluding hydrogens is 318 g/mol. The molecule has 0 fully saturated rings. The van der Waals surface area contributed by atoms with E-state index in [0.717, 1.165) is 38.2 Å². The van der Waals surface area contributed by atoms with E-state index in [1.165, 1.54) is 27.7 Å². The molecule has 1 aliphatic heterocycles. The summed E-state index contributed by atoms with van der Waals surface area (Å²) in [5.41, 5.74) is 6.84. The molecule has 0 spiro atoms. The zero-order valence-corrected chi connectivity index (χ0v) is 15.1. The average Bonchev–Trinajstić information content (AvgIpc) is 2.88. The Kier molecular flexibility index (Phi) is 4.93. The Hall–Kier alpha value is -1.84. The smallest absolute Gasteiger partial charge is 0.0486 e. The molecule has 0 atom stereocenters. The molecule has 4 heteroatoms. The van der Waals surface area contributed by atoms with Crippen molar-refractivity contribution in [1.29, 1.82) is 0 Å². The topological polar surface area (TPSA) is 21.1 Å². The first-order valence-corrected chi connectivity index (χ1v) is 8.41. The van der Waals surface area contributed by atoms with Crippen molar-refractivity contribution in [1.82, 2.24) is 14.5 Å². The number of aromatic nitrogens is 2. The lowest BCUT2D eigenvalue weighted by Crippen LogP contribution is -2.27. The van der Waals surface area contributed by atoms with Gasteiger partial charge in [0.1, 0.15) is 0 Å². The summed E-state index contributed by atoms with van der Waals surface area (Å²) in [7, 11) is 2.22. The fraction of sp³-hybridized carbons (Fsp3) is 0.350. The first kappa shape index (κ1) is 17.0. The highest BCUT2D eigenvalue weighted by atomic mass is 35.5. The fourth-order valence-electron chi connectivity index (χ4n) is 3.68. The van der Waals surface area contributed by atoms with Crippen molar-refractivity contribution in [2.24, 2.45) is 0 Å². The Morgan fingerprint density at radius 1 is 1.12 bits per heavy atom. The first-order chi connectivity index (χ1) is 11.2. The molecule has 0 amide bonds. The predicted molar refractivity (Wildman–Crippen MR) is 102 cm³/mol. The highest BCUT2D eigenvalue weighted by Gasteiger charge is 2.21. The number of likely N-dealkylation sites (N-methyl/N-ethyl adjacent to an activating group) is 1. The number of benzene rings is 1. The van der Waals surface area contributed by atoms with Gasteiger partial charge in [-0.25, -0.2) is 0 Å². The summed E-state index contributed by atoms with van der Waals surface area (Å²) in [4.78, 5) is 6.84. The molecule has 3 aromatic rings. The van der Waals surface area contributed by atoms with Gasteiger partial charge in [0.2, 0.25) is 0 Å². The molecule has 0 unspecified atom stereocenters. The van der Waals surface area contributed by atoms with Gasteiger partial charge >= 0.3 is 0 Å². The van der Waals surface area contributed by atoms with Crippen molar-refractivity contribution in [2.75, 3.05) is 13.6 Å². The van der Waals surface area contributed by atoms with E-state index in [2.05, 4.69) is 57.9 Å². The molecule has 0 saturated heterocycles. The molecule has 4 rings (SSSR count). The standard InChI is InChI=1S/C20H23N3.ClH/c1-15-7-8-16(13-21-15)9-12-23-19-6-4-3-5-17(19)18-14-22(2)11-10-20(18)23;/h3-8,13H,9-12,14H2,1-2H3;1H. The van der Waals surface area contributed by atoms with Gasteiger partial charge in [0.15, 0.2) is 0 Å². The molecule has 0 aliphatic carbocycles. The number of hydrogen-bond donors (Lipinski definition) is 0. The number of para-hydroxylation sites is 1. The molecule has 126 valence electrons. The summed E-state index contributed by atoms with van der Waals surface area (Å²) < 4.78 is 2.54. The predicted octanol–water partition coefficient (Wildman–Crippen LogP) is 4.00. The van der Waals surface area contributed by atoms with Crippen LogP contribution in [0.4, 0.5) is 0 Å². The van der Waals surface area contributed by atoms with E-state index < -0.39 is 0 Å². The van der Waals surface area contributed by atoms with Crippen LogP contribution >= 0.6 is 12.4 Å². The van der Waals surface area contributed by atoms with Gasteiger partial charge in [-0.15, -0.1) is 12.4 Å². The Labute approximate surface area is 149 Å². The lowest BCUT2D eigenvalue weighted by molar-refractivity contribution is 0.309. The maximum atomic E-state index is 4.42. The van der Waals surface area contributed by atoms with Gasteiger partial charge < -0.3 is 9.47 Å². The summed E-state index contributed by atoms with van der Waals surface area (Å²) in [6.07, 6.45) is 4.20. The van der Waals surface area contributed by atoms with Crippen LogP contribution in [0, 0.1) is 6.92 Å². The van der Waals surface area contributed by atoms with E-state index in [9.17, 15) is 0 Å². The largest absolute Gasteiger partial charge is 0.344 e. The summed E-state index contributed by atoms with van der Waals surface area (Å²) in [5, 5.41) is 1.43. The van der Waals surface area contributed by atoms with E-state index in [4.69, 9.17) is 0 Å². The van der Waals surface area contributed by atoms with Crippen LogP contribution in [0.15, 0.2) is 42.6 Å². The van der Waals surface area contributed by atoms with Crippen molar-refractivity contribution >= 4 is 23.3 Å². The Balaban J connectivity index is 0.00000169. The zero-order chi connectivity index (χ0) is 15.8. The normalized spacial score (nSPS) is 14.4. The second-order valence-electron chi connectivity index (χ2n) is 6.64. The third-order valence-electron chi connectivity index (χ3n) is 4.95. The third-order valence-corrected chi connectivity index (χ3v) is 4.95. The average molecular weight is 342 g/mol. The molecule has 0 radical (unpaired) electrons. The molecule has 3 heterocycles. The van der Waals surface area contributed by atoms with Gasteiger partial charge in [-0.05, 0) is 43.7 Å². The Morgan fingerprint density at radius 3 is 2.75 bits per heavy atom. The lowest BCUT2D eigenvalue weighted by Gasteiger charge is -2.24. The third kappa shape index (κ3) is 3.06. The van der Waals surface area contributed by atoms with E-state index in [1.807, 2.05) is 13.1 Å². The van der Waals surface area contributed by atoms with Gasteiger partial charge in [-0.2, -0.15) is 0 Å². The number of pyridine rings is 1. The number of nitrogens with zero attached hydrogens (tertiary/aromatic N) is 3. The number of halogens is 1. The van der Waals surface area contributed by atoms with Gasteiger partial charge in [0, 0.05) is 54.5 Å². The van der Waals surface area contributed by atoms with Crippen molar-refractivity contribution in [3.8, 4) is 0 Å². The van der Waals surface area contributed by atoms with Gasteiger partial charge in [0.25, 0.3) is 0 Å². The van der Waals surface area contributed by atoms with E-state index in [-0.39, 0.29) is 12.4 Å². The van der Waals surface area contributed by atoms with Gasteiger partial charge in [0.05, 0.1) is 0 Å². The summed E-state index contributed by atoms with van der Waals surface area (Å²) in [5.74, 6) is 0. The van der Waals surface area contributed by atoms with Crippen LogP contribution in [0.2, 0.25) is 0 Å². The highest BCUT2D eigenvalue weighted by molar-refractivity contribution is 5.86. The van der Waals surface area contributed by atoms with Crippen LogP contribution in [0.3, 0.4) is 0 Å². The van der Waals surface area contributed by atoms with Crippen LogP contribution in [0.25, 0.3) is 10.9 Å². The molecule has 0 saturated carbocycles. The number of hydrogen-bond acceptors (Lipinski definition) is 2. The van der Waals surface area contributed by atoms with Crippen molar-refractivity contribution in [2.45, 2.75) is 32.9 Å². The highest BCUT2D eigenvalue weighted by Crippen LogP contribution is 2.30. The summed E-state index contributed by atoms with van der Waals surface area (Å²) in [6, 6.07) is 13.2. The first-order valence-electron chi connectivity index (χ1n) is 8.41. The monoisotopic (exact) mass is 341 g/mol. The lowest BCUT2D eigenvalue weighted by atomic mass is 10.1. The molecule has 1 aromatic carbocycles. The molecular formula is C20H24ClN3. The molecule has 1 aliphatic rings. The maximum absolute atomic E-state index is 4.42. The van der Waals surface area contributed by atoms with Crippen LogP contribution in [-0.2, 0) is 25.9 Å². The quantitative estimate of drug-likeness (QED) is 0.718. The minimum absolute atomic E-state index is 0. The van der Waals surface area contributed by atoms with Crippen molar-refractivity contribution in [3.63, 3.8) is 0 Å². The maximum Gasteiger partial charge on any atom is 0.0486 e. The second kappa shape index (κ2) is 6.96. The molecule has 2 aromatic heterocycles. The number of rotatable bonds is 3. The molecule has 0 N–H and O–H groups in total. The molecule has 0 bridgehead atoms. The number of aryl methyl sites for hydroxylation is 3. The molecule has 24 heavy (non-hydrogen) atoms. The number of fused-ring (bicyclic) bond motifs is 3. The van der Waals surface area contributed by atoms with Crippen LogP contribution in [0.5, 0.6) is 0 Å². The fourth-order valence-corrected chi connectivity index (χ4v) is 3.68. The Morgan fingerprint density at radius 2 is 1.96 bits per heavy atom. The minimum atomic E-state index is 0. The summed E-state index contributed by atoms with van der Waals surface area (Å²) >= 11 is 0. The van der Waals surface area contributed by atoms with Crippen LogP contribution in [-0.4, -0.2) is 28.0 Å². The van der Waals surface area contributed by atoms with E-state index in [0.29, 0.717) is 0 Å². The van der Waals surface area contributed by atoms with Gasteiger partial charge in [-0.3, -0.25) is 4.98 Å². The van der Waals surface area contributed by atoms with Gasteiger partial charge in [-0.1, -0.05) is 24.3 Å². The molecule has 3 nitrogen and oxygen atoms in total. The van der Waals surface area contributed by atoms with Crippen LogP contribution in [0.1, 0.15) is 22.5 Å². The summed E-state index contributed by atoms with van der Waals surface area (Å²) in [6.45, 7) is 5.28. The van der Waals surface area contributed by atoms with Crippen molar-refractivity contribution in [3.05, 3.63) is 65.1 Å². The zero-order valence-electron chi connectivity index (χ0n) is 14.3. The SMILES string of the molecule is Cc1ccc(CCn2c3c(c4ccccc42)CN(C)CC3)cn1.Cl. The second-order valence-corrected chi connectivity index (χ2v) is 6.64.